The van der Waals surface area contributed by atoms with Crippen molar-refractivity contribution in [2.24, 2.45) is 0 Å². The van der Waals surface area contributed by atoms with E-state index >= 15 is 0 Å². The van der Waals surface area contributed by atoms with Crippen molar-refractivity contribution in [1.82, 2.24) is 14.1 Å². The lowest BCUT2D eigenvalue weighted by atomic mass is 10.1. The highest BCUT2D eigenvalue weighted by Gasteiger charge is 2.21. The van der Waals surface area contributed by atoms with E-state index in [1.165, 1.54) is 0 Å². The zero-order chi connectivity index (χ0) is 19.8. The van der Waals surface area contributed by atoms with Gasteiger partial charge in [-0.3, -0.25) is 0 Å². The maximum Gasteiger partial charge on any atom is 0.270 e. The third-order valence-corrected chi connectivity index (χ3v) is 3.06. The van der Waals surface area contributed by atoms with E-state index in [0.29, 0.717) is 26.3 Å². The lowest BCUT2D eigenvalue weighted by molar-refractivity contribution is 0.0975. The first-order chi connectivity index (χ1) is 11.8. The van der Waals surface area contributed by atoms with Gasteiger partial charge in [-0.25, -0.2) is 0 Å². The zero-order valence-electron chi connectivity index (χ0n) is 17.3. The first-order valence-corrected chi connectivity index (χ1v) is 7.36. The topological polar surface area (TPSA) is 79.7 Å². The van der Waals surface area contributed by atoms with Crippen LogP contribution in [0, 0.1) is 0 Å². The maximum absolute atomic E-state index is 10.4. The molecule has 0 spiro atoms. The van der Waals surface area contributed by atoms with E-state index in [9.17, 15) is 5.11 Å². The Morgan fingerprint density at radius 3 is 2.90 bits per heavy atom. The summed E-state index contributed by atoms with van der Waals surface area (Å²) in [7, 11) is 0. The minimum Gasteiger partial charge on any atom is -0.472 e. The van der Waals surface area contributed by atoms with Crippen molar-refractivity contribution >= 4 is 17.5 Å². The van der Waals surface area contributed by atoms with Crippen LogP contribution in [0.25, 0.3) is 0 Å². The fourth-order valence-corrected chi connectivity index (χ4v) is 2.08. The summed E-state index contributed by atoms with van der Waals surface area (Å²) < 4.78 is 58.3. The predicted octanol–water partition coefficient (Wildman–Crippen LogP) is 0.502. The average Bonchev–Trinajstić information content (AvgIpc) is 2.92. The second-order valence-corrected chi connectivity index (χ2v) is 6.07. The van der Waals surface area contributed by atoms with Gasteiger partial charge in [0.2, 0.25) is 5.82 Å². The lowest BCUT2D eigenvalue weighted by Crippen LogP contribution is -2.42. The fraction of sp³-hybridized carbons (Fsp3) is 0.846. The van der Waals surface area contributed by atoms with Gasteiger partial charge in [-0.2, -0.15) is 4.37 Å². The lowest BCUT2D eigenvalue weighted by Gasteiger charge is -2.27. The summed E-state index contributed by atoms with van der Waals surface area (Å²) in [4.78, 5) is 1.80. The Bertz CT molecular complexity index is 617. The summed E-state index contributed by atoms with van der Waals surface area (Å²) in [5.74, 6) is 0.0847. The third kappa shape index (κ3) is 5.39. The molecule has 0 saturated carbocycles. The van der Waals surface area contributed by atoms with Gasteiger partial charge in [0.25, 0.3) is 5.88 Å². The maximum atomic E-state index is 10.4. The number of morpholine rings is 1. The van der Waals surface area contributed by atoms with Crippen molar-refractivity contribution in [3.63, 3.8) is 0 Å². The van der Waals surface area contributed by atoms with E-state index in [-0.39, 0.29) is 11.7 Å². The van der Waals surface area contributed by atoms with Crippen LogP contribution in [-0.4, -0.2) is 64.8 Å². The molecule has 1 aliphatic heterocycles. The molecule has 1 aromatic rings. The van der Waals surface area contributed by atoms with Crippen LogP contribution in [0.2, 0.25) is 0 Å². The Kier molecular flexibility index (Phi) is 3.75. The van der Waals surface area contributed by atoms with Gasteiger partial charge in [-0.15, -0.1) is 4.37 Å². The largest absolute Gasteiger partial charge is 0.472 e. The molecule has 21 heavy (non-hydrogen) atoms. The second-order valence-electron chi connectivity index (χ2n) is 5.55. The molecule has 1 unspecified atom stereocenters. The van der Waals surface area contributed by atoms with Crippen LogP contribution in [-0.2, 0) is 4.74 Å². The van der Waals surface area contributed by atoms with Crippen LogP contribution in [0.5, 0.6) is 5.88 Å². The zero-order valence-corrected chi connectivity index (χ0v) is 13.2. The van der Waals surface area contributed by atoms with E-state index in [0.717, 1.165) is 11.7 Å². The van der Waals surface area contributed by atoms with Crippen molar-refractivity contribution < 1.29 is 21.4 Å². The van der Waals surface area contributed by atoms with Crippen LogP contribution >= 0.6 is 11.7 Å². The molecule has 1 aliphatic rings. The van der Waals surface area contributed by atoms with Crippen molar-refractivity contribution in [1.29, 1.82) is 0 Å². The highest BCUT2D eigenvalue weighted by atomic mass is 32.1. The van der Waals surface area contributed by atoms with E-state index in [1.54, 1.807) is 25.7 Å². The first kappa shape index (κ1) is 10.7. The number of aliphatic hydroxyl groups is 1. The Hall–Kier alpha value is -0.960. The number of hydrogen-bond donors (Lipinski definition) is 2. The molecule has 0 bridgehead atoms. The van der Waals surface area contributed by atoms with Crippen LogP contribution in [0.15, 0.2) is 0 Å². The standard InChI is InChI=1S/C13H24N4O3S/c1-13(2,3)14-8-10(18)9-20-12-11(15-21-16-12)17-4-6-19-7-5-17/h10,14,18H,4-9H2,1-3H3/i8D2,9D2,10D. The molecule has 0 radical (unpaired) electrons. The summed E-state index contributed by atoms with van der Waals surface area (Å²) >= 11 is 0.802. The fourth-order valence-electron chi connectivity index (χ4n) is 1.58. The summed E-state index contributed by atoms with van der Waals surface area (Å²) in [6, 6.07) is 0. The normalized spacial score (nSPS) is 24.2. The highest BCUT2D eigenvalue weighted by molar-refractivity contribution is 6.99. The molecule has 0 amide bonds. The van der Waals surface area contributed by atoms with Gasteiger partial charge in [0, 0.05) is 27.9 Å². The van der Waals surface area contributed by atoms with Crippen molar-refractivity contribution in [3.05, 3.63) is 0 Å². The van der Waals surface area contributed by atoms with Crippen LogP contribution < -0.4 is 15.0 Å². The van der Waals surface area contributed by atoms with Gasteiger partial charge in [0.1, 0.15) is 12.6 Å². The highest BCUT2D eigenvalue weighted by Crippen LogP contribution is 2.26. The Balaban J connectivity index is 2.23. The summed E-state index contributed by atoms with van der Waals surface area (Å²) in [6.45, 7) is 0.983. The quantitative estimate of drug-likeness (QED) is 0.790. The Morgan fingerprint density at radius 2 is 2.24 bits per heavy atom. The number of nitrogens with zero attached hydrogens (tertiary/aromatic N) is 3. The second kappa shape index (κ2) is 7.35. The monoisotopic (exact) mass is 321 g/mol. The van der Waals surface area contributed by atoms with Crippen LogP contribution in [0.4, 0.5) is 5.82 Å². The van der Waals surface area contributed by atoms with Gasteiger partial charge in [0.15, 0.2) is 0 Å². The number of β-amino-alcohol motifs (C(OH)–C–C–N with tert-alkyl or cyclic N) is 1. The van der Waals surface area contributed by atoms with E-state index in [4.69, 9.17) is 16.3 Å². The smallest absolute Gasteiger partial charge is 0.270 e. The molecule has 8 heteroatoms. The van der Waals surface area contributed by atoms with E-state index < -0.39 is 24.7 Å². The molecule has 7 nitrogen and oxygen atoms in total. The molecular formula is C13H24N4O3S. The SMILES string of the molecule is [2H]C([2H])(NC(C)(C)C)C([2H])(O)C([2H])([2H])Oc1nsnc1N1CCOCC1. The van der Waals surface area contributed by atoms with Crippen LogP contribution in [0.1, 0.15) is 27.6 Å². The summed E-state index contributed by atoms with van der Waals surface area (Å²) in [6.07, 6.45) is -3.26. The molecule has 2 N–H and O–H groups in total. The number of nitrogens with one attached hydrogen (secondary N) is 1. The summed E-state index contributed by atoms with van der Waals surface area (Å²) in [5, 5.41) is 12.8. The Morgan fingerprint density at radius 1 is 1.52 bits per heavy atom. The van der Waals surface area contributed by atoms with Gasteiger partial charge in [-0.1, -0.05) is 0 Å². The van der Waals surface area contributed by atoms with Crippen molar-refractivity contribution in [2.75, 3.05) is 44.3 Å². The Labute approximate surface area is 136 Å². The molecule has 2 rings (SSSR count). The van der Waals surface area contributed by atoms with Gasteiger partial charge in [-0.05, 0) is 20.8 Å². The third-order valence-electron chi connectivity index (χ3n) is 2.55. The molecule has 120 valence electrons. The first-order valence-electron chi connectivity index (χ1n) is 9.13. The molecule has 1 fully saturated rings. The molecule has 0 aliphatic carbocycles. The predicted molar refractivity (Wildman–Crippen MR) is 82.2 cm³/mol. The van der Waals surface area contributed by atoms with Gasteiger partial charge < -0.3 is 24.8 Å². The van der Waals surface area contributed by atoms with Gasteiger partial charge in [0.05, 0.1) is 29.1 Å². The minimum atomic E-state index is -3.26. The summed E-state index contributed by atoms with van der Waals surface area (Å²) in [5.41, 5.74) is -0.810. The number of anilines is 1. The van der Waals surface area contributed by atoms with Crippen molar-refractivity contribution in [3.8, 4) is 5.88 Å². The number of aromatic nitrogens is 2. The number of ether oxygens (including phenoxy) is 2. The molecule has 1 aromatic heterocycles. The molecule has 0 aromatic carbocycles. The number of hydrogen-bond acceptors (Lipinski definition) is 8. The molecular weight excluding hydrogens is 292 g/mol. The number of rotatable bonds is 6. The van der Waals surface area contributed by atoms with Gasteiger partial charge >= 0.3 is 0 Å². The molecule has 2 heterocycles. The molecule has 1 saturated heterocycles. The molecule has 1 atom stereocenters. The van der Waals surface area contributed by atoms with Crippen LogP contribution in [0.3, 0.4) is 0 Å². The average molecular weight is 321 g/mol. The van der Waals surface area contributed by atoms with Crippen molar-refractivity contribution in [2.45, 2.75) is 32.4 Å². The minimum absolute atomic E-state index is 0.195. The van der Waals surface area contributed by atoms with E-state index in [2.05, 4.69) is 14.1 Å². The van der Waals surface area contributed by atoms with E-state index in [1.807, 2.05) is 0 Å².